The van der Waals surface area contributed by atoms with Gasteiger partial charge in [0.05, 0.1) is 15.1 Å². The predicted octanol–water partition coefficient (Wildman–Crippen LogP) is 4.04. The summed E-state index contributed by atoms with van der Waals surface area (Å²) < 4.78 is 6.86. The molecule has 0 atom stereocenters. The van der Waals surface area contributed by atoms with Crippen molar-refractivity contribution >= 4 is 46.6 Å². The summed E-state index contributed by atoms with van der Waals surface area (Å²) >= 11 is 17.5. The molecule has 0 N–H and O–H groups in total. The molecule has 2 rings (SSSR count). The molecule has 2 heterocycles. The van der Waals surface area contributed by atoms with Crippen molar-refractivity contribution in [3.63, 3.8) is 0 Å². The van der Waals surface area contributed by atoms with Gasteiger partial charge in [-0.15, -0.1) is 0 Å². The highest BCUT2D eigenvalue weighted by Crippen LogP contribution is 2.31. The van der Waals surface area contributed by atoms with Crippen LogP contribution in [-0.4, -0.2) is 27.9 Å². The average molecular weight is 376 g/mol. The van der Waals surface area contributed by atoms with Gasteiger partial charge in [-0.05, 0) is 19.9 Å². The highest BCUT2D eigenvalue weighted by molar-refractivity contribution is 6.48. The number of aryl methyl sites for hydroxylation is 1. The number of halogens is 3. The number of carbonyl (C=O) groups excluding carboxylic acids is 2. The fourth-order valence-corrected chi connectivity index (χ4v) is 2.56. The lowest BCUT2D eigenvalue weighted by atomic mass is 10.1. The third kappa shape index (κ3) is 3.52. The number of Topliss-reactive ketones (excluding diaryl/α,β-unsaturated/α-hetero) is 1. The fraction of sp³-hybridized carbons (Fsp3) is 0.267. The summed E-state index contributed by atoms with van der Waals surface area (Å²) in [7, 11) is 1.85. The summed E-state index contributed by atoms with van der Waals surface area (Å²) in [5.41, 5.74) is 2.06. The number of ether oxygens (including phenoxy) is 1. The smallest absolute Gasteiger partial charge is 0.358 e. The molecule has 0 aliphatic carbocycles. The molecular weight excluding hydrogens is 363 g/mol. The molecule has 0 unspecified atom stereocenters. The largest absolute Gasteiger partial charge is 0.453 e. The molecule has 0 aromatic carbocycles. The van der Waals surface area contributed by atoms with Crippen LogP contribution >= 0.6 is 34.8 Å². The number of pyridine rings is 1. The number of carbonyl (C=O) groups is 2. The molecular formula is C15H13Cl3N2O3. The highest BCUT2D eigenvalue weighted by Gasteiger charge is 2.21. The van der Waals surface area contributed by atoms with Crippen LogP contribution in [0.1, 0.15) is 32.2 Å². The molecule has 0 bridgehead atoms. The fourth-order valence-electron chi connectivity index (χ4n) is 2.00. The van der Waals surface area contributed by atoms with Crippen LogP contribution in [0.3, 0.4) is 0 Å². The summed E-state index contributed by atoms with van der Waals surface area (Å²) in [4.78, 5) is 28.0. The zero-order valence-corrected chi connectivity index (χ0v) is 14.9. The van der Waals surface area contributed by atoms with Crippen LogP contribution < -0.4 is 0 Å². The summed E-state index contributed by atoms with van der Waals surface area (Å²) in [6.45, 7) is 3.29. The minimum atomic E-state index is -0.841. The van der Waals surface area contributed by atoms with Crippen LogP contribution in [0.4, 0.5) is 0 Å². The molecule has 8 heteroatoms. The first-order chi connectivity index (χ1) is 10.7. The van der Waals surface area contributed by atoms with E-state index in [1.54, 1.807) is 6.07 Å². The van der Waals surface area contributed by atoms with Crippen molar-refractivity contribution in [2.45, 2.75) is 13.8 Å². The number of aromatic nitrogens is 2. The third-order valence-electron chi connectivity index (χ3n) is 3.52. The Balaban J connectivity index is 2.12. The Hall–Kier alpha value is -1.56. The van der Waals surface area contributed by atoms with E-state index < -0.39 is 12.6 Å². The second-order valence-corrected chi connectivity index (χ2v) is 6.09. The molecule has 0 aliphatic heterocycles. The molecule has 0 amide bonds. The van der Waals surface area contributed by atoms with Gasteiger partial charge in [0.1, 0.15) is 0 Å². The zero-order chi connectivity index (χ0) is 17.3. The van der Waals surface area contributed by atoms with Gasteiger partial charge in [0.25, 0.3) is 0 Å². The van der Waals surface area contributed by atoms with Crippen LogP contribution in [0, 0.1) is 13.8 Å². The highest BCUT2D eigenvalue weighted by atomic mass is 35.5. The van der Waals surface area contributed by atoms with Gasteiger partial charge in [-0.2, -0.15) is 0 Å². The SMILES string of the molecule is Cc1cc(C(=O)COC(=O)c2ncc(Cl)c(Cl)c2Cl)c(C)n1C. The lowest BCUT2D eigenvalue weighted by Gasteiger charge is -2.07. The first-order valence-electron chi connectivity index (χ1n) is 6.56. The first kappa shape index (κ1) is 17.8. The summed E-state index contributed by atoms with van der Waals surface area (Å²) in [5, 5.41) is 0.0270. The number of hydrogen-bond acceptors (Lipinski definition) is 4. The van der Waals surface area contributed by atoms with Crippen molar-refractivity contribution in [3.05, 3.63) is 50.0 Å². The number of ketones is 1. The third-order valence-corrected chi connectivity index (χ3v) is 4.76. The molecule has 5 nitrogen and oxygen atoms in total. The van der Waals surface area contributed by atoms with Gasteiger partial charge in [-0.25, -0.2) is 9.78 Å². The van der Waals surface area contributed by atoms with Crippen molar-refractivity contribution in [1.29, 1.82) is 0 Å². The van der Waals surface area contributed by atoms with E-state index in [1.807, 2.05) is 25.5 Å². The van der Waals surface area contributed by atoms with E-state index >= 15 is 0 Å². The van der Waals surface area contributed by atoms with Crippen molar-refractivity contribution in [3.8, 4) is 0 Å². The molecule has 23 heavy (non-hydrogen) atoms. The van der Waals surface area contributed by atoms with Gasteiger partial charge >= 0.3 is 5.97 Å². The normalized spacial score (nSPS) is 10.7. The van der Waals surface area contributed by atoms with E-state index in [0.29, 0.717) is 5.56 Å². The summed E-state index contributed by atoms with van der Waals surface area (Å²) in [5.74, 6) is -1.15. The molecule has 0 spiro atoms. The molecule has 0 saturated heterocycles. The van der Waals surface area contributed by atoms with Crippen molar-refractivity contribution in [2.75, 3.05) is 6.61 Å². The van der Waals surface area contributed by atoms with Crippen molar-refractivity contribution in [1.82, 2.24) is 9.55 Å². The number of hydrogen-bond donors (Lipinski definition) is 0. The van der Waals surface area contributed by atoms with Crippen molar-refractivity contribution in [2.24, 2.45) is 7.05 Å². The molecule has 2 aromatic rings. The molecule has 0 aliphatic rings. The van der Waals surface area contributed by atoms with Crippen molar-refractivity contribution < 1.29 is 14.3 Å². The van der Waals surface area contributed by atoms with Crippen LogP contribution in [0.5, 0.6) is 0 Å². The van der Waals surface area contributed by atoms with Crippen LogP contribution in [0.25, 0.3) is 0 Å². The van der Waals surface area contributed by atoms with Gasteiger partial charge in [0.15, 0.2) is 12.3 Å². The number of nitrogens with zero attached hydrogens (tertiary/aromatic N) is 2. The lowest BCUT2D eigenvalue weighted by molar-refractivity contribution is 0.0469. The molecule has 0 saturated carbocycles. The van der Waals surface area contributed by atoms with Crippen LogP contribution in [0.2, 0.25) is 15.1 Å². The summed E-state index contributed by atoms with van der Waals surface area (Å²) in [6.07, 6.45) is 1.19. The van der Waals surface area contributed by atoms with Gasteiger partial charge in [0.2, 0.25) is 5.78 Å². The maximum absolute atomic E-state index is 12.2. The Kier molecular flexibility index (Phi) is 5.34. The Morgan fingerprint density at radius 1 is 1.22 bits per heavy atom. The van der Waals surface area contributed by atoms with Crippen LogP contribution in [-0.2, 0) is 11.8 Å². The first-order valence-corrected chi connectivity index (χ1v) is 7.70. The van der Waals surface area contributed by atoms with E-state index in [2.05, 4.69) is 4.98 Å². The number of rotatable bonds is 4. The second kappa shape index (κ2) is 6.91. The quantitative estimate of drug-likeness (QED) is 0.598. The van der Waals surface area contributed by atoms with E-state index in [4.69, 9.17) is 39.5 Å². The van der Waals surface area contributed by atoms with E-state index in [1.165, 1.54) is 6.20 Å². The second-order valence-electron chi connectivity index (χ2n) is 4.93. The molecule has 122 valence electrons. The Bertz CT molecular complexity index is 800. The maximum atomic E-state index is 12.2. The van der Waals surface area contributed by atoms with Gasteiger partial charge in [0, 0.05) is 30.2 Å². The molecule has 0 fully saturated rings. The maximum Gasteiger partial charge on any atom is 0.358 e. The van der Waals surface area contributed by atoms with Gasteiger partial charge in [-0.3, -0.25) is 4.79 Å². The topological polar surface area (TPSA) is 61.2 Å². The Labute approximate surface area is 148 Å². The van der Waals surface area contributed by atoms with Gasteiger partial charge < -0.3 is 9.30 Å². The Morgan fingerprint density at radius 3 is 2.43 bits per heavy atom. The van der Waals surface area contributed by atoms with Crippen LogP contribution in [0.15, 0.2) is 12.3 Å². The monoisotopic (exact) mass is 374 g/mol. The Morgan fingerprint density at radius 2 is 1.87 bits per heavy atom. The van der Waals surface area contributed by atoms with Gasteiger partial charge in [-0.1, -0.05) is 34.8 Å². The zero-order valence-electron chi connectivity index (χ0n) is 12.6. The van der Waals surface area contributed by atoms with E-state index in [9.17, 15) is 9.59 Å². The predicted molar refractivity (Wildman–Crippen MR) is 88.8 cm³/mol. The molecule has 0 radical (unpaired) electrons. The average Bonchev–Trinajstić information content (AvgIpc) is 2.77. The minimum Gasteiger partial charge on any atom is -0.453 e. The summed E-state index contributed by atoms with van der Waals surface area (Å²) in [6, 6.07) is 1.75. The lowest BCUT2D eigenvalue weighted by Crippen LogP contribution is -2.16. The number of esters is 1. The standard InChI is InChI=1S/C15H13Cl3N2O3/c1-7-4-9(8(2)20(7)3)11(21)6-23-15(22)14-13(18)12(17)10(16)5-19-14/h4-5H,6H2,1-3H3. The molecule has 2 aromatic heterocycles. The minimum absolute atomic E-state index is 0.0103. The van der Waals surface area contributed by atoms with E-state index in [0.717, 1.165) is 11.4 Å². The van der Waals surface area contributed by atoms with E-state index in [-0.39, 0.29) is 26.5 Å².